The van der Waals surface area contributed by atoms with Gasteiger partial charge in [0, 0.05) is 51.5 Å². The quantitative estimate of drug-likeness (QED) is 0.213. The average molecular weight is 569 g/mol. The number of hydrogen-bond acceptors (Lipinski definition) is 4. The first-order valence-corrected chi connectivity index (χ1v) is 15.3. The van der Waals surface area contributed by atoms with Crippen LogP contribution in [0.2, 0.25) is 0 Å². The average Bonchev–Trinajstić information content (AvgIpc) is 3.61. The van der Waals surface area contributed by atoms with Gasteiger partial charge in [-0.2, -0.15) is 10.5 Å². The second-order valence-electron chi connectivity index (χ2n) is 10.4. The van der Waals surface area contributed by atoms with Gasteiger partial charge in [-0.15, -0.1) is 22.7 Å². The van der Waals surface area contributed by atoms with E-state index in [4.69, 9.17) is 0 Å². The summed E-state index contributed by atoms with van der Waals surface area (Å²) in [6.45, 7) is 0. The maximum absolute atomic E-state index is 10.6. The minimum Gasteiger partial charge on any atom is -0.192 e. The monoisotopic (exact) mass is 568 g/mol. The second-order valence-corrected chi connectivity index (χ2v) is 12.5. The number of thiophene rings is 2. The first kappa shape index (κ1) is 24.5. The summed E-state index contributed by atoms with van der Waals surface area (Å²) >= 11 is 3.59. The smallest absolute Gasteiger partial charge is 0.100 e. The van der Waals surface area contributed by atoms with Gasteiger partial charge in [-0.05, 0) is 82.9 Å². The van der Waals surface area contributed by atoms with Crippen LogP contribution in [0.15, 0.2) is 121 Å². The minimum atomic E-state index is 0.570. The first-order chi connectivity index (χ1) is 20.7. The summed E-state index contributed by atoms with van der Waals surface area (Å²) in [5.41, 5.74) is 6.88. The van der Waals surface area contributed by atoms with Crippen LogP contribution in [-0.4, -0.2) is 0 Å². The molecular weight excluding hydrogens is 549 g/mol. The Kier molecular flexibility index (Phi) is 5.66. The number of nitrogens with zero attached hydrogens (tertiary/aromatic N) is 2. The highest BCUT2D eigenvalue weighted by Crippen LogP contribution is 2.42. The van der Waals surface area contributed by atoms with Crippen molar-refractivity contribution in [2.75, 3.05) is 0 Å². The maximum Gasteiger partial charge on any atom is 0.100 e. The van der Waals surface area contributed by atoms with E-state index in [0.717, 1.165) is 33.4 Å². The lowest BCUT2D eigenvalue weighted by atomic mass is 9.87. The van der Waals surface area contributed by atoms with Crippen LogP contribution in [0.1, 0.15) is 11.1 Å². The molecule has 0 fully saturated rings. The molecule has 0 spiro atoms. The highest BCUT2D eigenvalue weighted by Gasteiger charge is 2.18. The molecule has 0 aliphatic rings. The minimum absolute atomic E-state index is 0.570. The molecule has 8 aromatic rings. The fourth-order valence-electron chi connectivity index (χ4n) is 5.94. The Morgan fingerprint density at radius 3 is 1.57 bits per heavy atom. The lowest BCUT2D eigenvalue weighted by molar-refractivity contribution is 1.46. The topological polar surface area (TPSA) is 47.6 Å². The normalized spacial score (nSPS) is 11.3. The van der Waals surface area contributed by atoms with E-state index in [-0.39, 0.29) is 0 Å². The summed E-state index contributed by atoms with van der Waals surface area (Å²) in [5, 5.41) is 25.1. The van der Waals surface area contributed by atoms with Gasteiger partial charge in [-0.1, -0.05) is 60.7 Å². The van der Waals surface area contributed by atoms with Crippen molar-refractivity contribution in [3.8, 4) is 45.5 Å². The highest BCUT2D eigenvalue weighted by molar-refractivity contribution is 7.26. The molecule has 6 aromatic carbocycles. The van der Waals surface area contributed by atoms with Crippen LogP contribution in [0.25, 0.3) is 73.7 Å². The molecular formula is C38H20N2S2. The van der Waals surface area contributed by atoms with E-state index in [1.54, 1.807) is 28.7 Å². The van der Waals surface area contributed by atoms with Gasteiger partial charge in [0.25, 0.3) is 0 Å². The van der Waals surface area contributed by atoms with Crippen LogP contribution >= 0.6 is 22.7 Å². The third-order valence-electron chi connectivity index (χ3n) is 7.95. The molecule has 0 aliphatic carbocycles. The summed E-state index contributed by atoms with van der Waals surface area (Å²) in [6.07, 6.45) is 0. The molecule has 2 heterocycles. The summed E-state index contributed by atoms with van der Waals surface area (Å²) < 4.78 is 5.01. The van der Waals surface area contributed by atoms with E-state index < -0.39 is 0 Å². The maximum atomic E-state index is 10.6. The van der Waals surface area contributed by atoms with Gasteiger partial charge < -0.3 is 0 Å². The molecule has 2 nitrogen and oxygen atoms in total. The van der Waals surface area contributed by atoms with E-state index in [9.17, 15) is 10.5 Å². The van der Waals surface area contributed by atoms with Crippen LogP contribution in [0.3, 0.4) is 0 Å². The molecule has 0 saturated heterocycles. The van der Waals surface area contributed by atoms with Crippen molar-refractivity contribution >= 4 is 63.0 Å². The fraction of sp³-hybridized carbons (Fsp3) is 0. The van der Waals surface area contributed by atoms with E-state index in [2.05, 4.69) is 109 Å². The Morgan fingerprint density at radius 1 is 0.405 bits per heavy atom. The van der Waals surface area contributed by atoms with Crippen molar-refractivity contribution in [1.29, 1.82) is 10.5 Å². The Hall–Kier alpha value is -5.26. The van der Waals surface area contributed by atoms with Crippen molar-refractivity contribution in [2.24, 2.45) is 0 Å². The van der Waals surface area contributed by atoms with Crippen LogP contribution in [0.4, 0.5) is 0 Å². The van der Waals surface area contributed by atoms with Crippen molar-refractivity contribution in [2.45, 2.75) is 0 Å². The van der Waals surface area contributed by atoms with Gasteiger partial charge in [-0.3, -0.25) is 0 Å². The number of rotatable bonds is 3. The zero-order valence-corrected chi connectivity index (χ0v) is 23.9. The van der Waals surface area contributed by atoms with Gasteiger partial charge >= 0.3 is 0 Å². The van der Waals surface area contributed by atoms with Gasteiger partial charge in [0.1, 0.15) is 6.07 Å². The van der Waals surface area contributed by atoms with Gasteiger partial charge in [0.15, 0.2) is 0 Å². The number of benzene rings is 6. The van der Waals surface area contributed by atoms with E-state index in [1.807, 2.05) is 18.2 Å². The SMILES string of the molecule is N#Cc1cccc(-c2cc(-c3ccc4sc5ccccc5c4c3)cc(-c3ccc4sc5ccccc5c4c3)c2C#N)c1. The van der Waals surface area contributed by atoms with Crippen molar-refractivity contribution < 1.29 is 0 Å². The van der Waals surface area contributed by atoms with E-state index in [0.29, 0.717) is 11.1 Å². The molecule has 0 saturated carbocycles. The summed E-state index contributed by atoms with van der Waals surface area (Å²) in [5.74, 6) is 0. The largest absolute Gasteiger partial charge is 0.192 e. The number of nitriles is 2. The van der Waals surface area contributed by atoms with E-state index in [1.165, 1.54) is 40.3 Å². The Labute approximate surface area is 250 Å². The molecule has 0 unspecified atom stereocenters. The fourth-order valence-corrected chi connectivity index (χ4v) is 8.11. The zero-order valence-electron chi connectivity index (χ0n) is 22.3. The standard InChI is InChI=1S/C38H20N2S2/c39-21-23-6-5-7-25(16-23)30-19-27(24-12-14-37-32(17-24)28-8-1-3-10-35(28)41-37)20-31(34(30)22-40)26-13-15-38-33(18-26)29-9-2-4-11-36(29)42-38/h1-20H. The van der Waals surface area contributed by atoms with Gasteiger partial charge in [0.05, 0.1) is 17.2 Å². The summed E-state index contributed by atoms with van der Waals surface area (Å²) in [6, 6.07) is 46.7. The molecule has 0 N–H and O–H groups in total. The molecule has 0 atom stereocenters. The van der Waals surface area contributed by atoms with Crippen molar-refractivity contribution in [3.05, 3.63) is 132 Å². The molecule has 0 radical (unpaired) electrons. The number of hydrogen-bond donors (Lipinski definition) is 0. The van der Waals surface area contributed by atoms with Crippen LogP contribution < -0.4 is 0 Å². The molecule has 8 rings (SSSR count). The first-order valence-electron chi connectivity index (χ1n) is 13.6. The third kappa shape index (κ3) is 3.90. The lowest BCUT2D eigenvalue weighted by Crippen LogP contribution is -1.93. The predicted molar refractivity (Wildman–Crippen MR) is 178 cm³/mol. The number of fused-ring (bicyclic) bond motifs is 6. The summed E-state index contributed by atoms with van der Waals surface area (Å²) in [4.78, 5) is 0. The molecule has 0 amide bonds. The third-order valence-corrected chi connectivity index (χ3v) is 10.3. The Bertz CT molecular complexity index is 2450. The summed E-state index contributed by atoms with van der Waals surface area (Å²) in [7, 11) is 0. The molecule has 194 valence electrons. The molecule has 42 heavy (non-hydrogen) atoms. The van der Waals surface area contributed by atoms with Crippen LogP contribution in [-0.2, 0) is 0 Å². The highest BCUT2D eigenvalue weighted by atomic mass is 32.1. The molecule has 0 bridgehead atoms. The molecule has 4 heteroatoms. The molecule has 0 aliphatic heterocycles. The van der Waals surface area contributed by atoms with Gasteiger partial charge in [0.2, 0.25) is 0 Å². The van der Waals surface area contributed by atoms with Crippen LogP contribution in [0, 0.1) is 22.7 Å². The van der Waals surface area contributed by atoms with Crippen molar-refractivity contribution in [3.63, 3.8) is 0 Å². The Balaban J connectivity index is 1.41. The Morgan fingerprint density at radius 2 is 0.952 bits per heavy atom. The van der Waals surface area contributed by atoms with Gasteiger partial charge in [-0.25, -0.2) is 0 Å². The van der Waals surface area contributed by atoms with E-state index >= 15 is 0 Å². The molecule has 2 aromatic heterocycles. The second kappa shape index (κ2) is 9.68. The lowest BCUT2D eigenvalue weighted by Gasteiger charge is -2.15. The predicted octanol–water partition coefficient (Wildman–Crippen LogP) is 11.2. The zero-order chi connectivity index (χ0) is 28.2. The van der Waals surface area contributed by atoms with Crippen molar-refractivity contribution in [1.82, 2.24) is 0 Å². The van der Waals surface area contributed by atoms with Crippen LogP contribution in [0.5, 0.6) is 0 Å².